The van der Waals surface area contributed by atoms with Gasteiger partial charge in [-0.25, -0.2) is 0 Å². The van der Waals surface area contributed by atoms with Gasteiger partial charge in [-0.1, -0.05) is 6.07 Å². The van der Waals surface area contributed by atoms with Crippen LogP contribution in [0, 0.1) is 17.0 Å². The molecule has 1 amide bonds. The number of amides is 1. The molecule has 21 heavy (non-hydrogen) atoms. The number of hydrogen-bond donors (Lipinski definition) is 1. The minimum absolute atomic E-state index is 0.0530. The molecule has 0 aromatic heterocycles. The molecule has 1 aromatic rings. The lowest BCUT2D eigenvalue weighted by atomic mass is 10.1. The van der Waals surface area contributed by atoms with E-state index < -0.39 is 10.9 Å². The van der Waals surface area contributed by atoms with Crippen LogP contribution >= 0.6 is 0 Å². The second-order valence-electron chi connectivity index (χ2n) is 5.13. The van der Waals surface area contributed by atoms with Crippen molar-refractivity contribution in [3.63, 3.8) is 0 Å². The number of carbonyl (C=O) groups excluding carboxylic acids is 1. The van der Waals surface area contributed by atoms with E-state index in [1.54, 1.807) is 13.0 Å². The van der Waals surface area contributed by atoms with Crippen LogP contribution in [0.3, 0.4) is 0 Å². The summed E-state index contributed by atoms with van der Waals surface area (Å²) < 4.78 is 0. The summed E-state index contributed by atoms with van der Waals surface area (Å²) in [5.74, 6) is -1.31. The van der Waals surface area contributed by atoms with Gasteiger partial charge in [0.2, 0.25) is 0 Å². The summed E-state index contributed by atoms with van der Waals surface area (Å²) in [5, 5.41) is 19.7. The number of carbonyl (C=O) groups is 2. The standard InChI is InChI=1S/C14H16N2O5/c1-9-2-3-10(8-12(9)16(20)21)14(19)15(11-4-5-11)7-6-13(17)18/h2-3,8,11H,4-7H2,1H3,(H,17,18). The maximum Gasteiger partial charge on any atom is 0.305 e. The van der Waals surface area contributed by atoms with Gasteiger partial charge in [-0.15, -0.1) is 0 Å². The molecule has 0 bridgehead atoms. The number of carboxylic acids is 1. The smallest absolute Gasteiger partial charge is 0.305 e. The van der Waals surface area contributed by atoms with Gasteiger partial charge in [0.05, 0.1) is 11.3 Å². The summed E-state index contributed by atoms with van der Waals surface area (Å²) in [6.45, 7) is 1.73. The zero-order valence-corrected chi connectivity index (χ0v) is 11.6. The van der Waals surface area contributed by atoms with Gasteiger partial charge in [-0.05, 0) is 25.8 Å². The molecule has 0 heterocycles. The van der Waals surface area contributed by atoms with Crippen molar-refractivity contribution >= 4 is 17.6 Å². The highest BCUT2D eigenvalue weighted by atomic mass is 16.6. The van der Waals surface area contributed by atoms with Crippen LogP contribution in [0.25, 0.3) is 0 Å². The van der Waals surface area contributed by atoms with Crippen molar-refractivity contribution in [2.75, 3.05) is 6.54 Å². The van der Waals surface area contributed by atoms with Crippen LogP contribution in [0.1, 0.15) is 35.2 Å². The minimum atomic E-state index is -0.969. The molecule has 0 atom stereocenters. The van der Waals surface area contributed by atoms with Crippen LogP contribution < -0.4 is 0 Å². The molecule has 0 radical (unpaired) electrons. The van der Waals surface area contributed by atoms with Crippen molar-refractivity contribution in [3.8, 4) is 0 Å². The Kier molecular flexibility index (Phi) is 4.21. The largest absolute Gasteiger partial charge is 0.481 e. The van der Waals surface area contributed by atoms with E-state index >= 15 is 0 Å². The summed E-state index contributed by atoms with van der Waals surface area (Å²) in [4.78, 5) is 35.0. The Morgan fingerprint density at radius 1 is 1.43 bits per heavy atom. The van der Waals surface area contributed by atoms with Crippen LogP contribution in [-0.4, -0.2) is 39.4 Å². The zero-order valence-electron chi connectivity index (χ0n) is 11.6. The summed E-state index contributed by atoms with van der Waals surface area (Å²) >= 11 is 0. The highest BCUT2D eigenvalue weighted by molar-refractivity contribution is 5.95. The van der Waals surface area contributed by atoms with Gasteiger partial charge in [0, 0.05) is 29.8 Å². The molecule has 0 spiro atoms. The Bertz CT molecular complexity index is 595. The van der Waals surface area contributed by atoms with E-state index in [2.05, 4.69) is 0 Å². The second kappa shape index (κ2) is 5.90. The number of hydrogen-bond acceptors (Lipinski definition) is 4. The third-order valence-electron chi connectivity index (χ3n) is 3.47. The molecule has 1 saturated carbocycles. The number of benzene rings is 1. The van der Waals surface area contributed by atoms with Crippen LogP contribution in [0.5, 0.6) is 0 Å². The normalized spacial score (nSPS) is 13.8. The first-order chi connectivity index (χ1) is 9.90. The summed E-state index contributed by atoms with van der Waals surface area (Å²) in [5.41, 5.74) is 0.611. The SMILES string of the molecule is Cc1ccc(C(=O)N(CCC(=O)O)C2CC2)cc1[N+](=O)[O-]. The number of nitro benzene ring substituents is 1. The lowest BCUT2D eigenvalue weighted by Crippen LogP contribution is -2.35. The molecule has 1 fully saturated rings. The number of nitro groups is 1. The maximum atomic E-state index is 12.4. The number of aliphatic carboxylic acids is 1. The molecule has 0 unspecified atom stereocenters. The molecule has 7 heteroatoms. The van der Waals surface area contributed by atoms with Gasteiger partial charge in [-0.2, -0.15) is 0 Å². The molecule has 112 valence electrons. The Balaban J connectivity index is 2.22. The van der Waals surface area contributed by atoms with Gasteiger partial charge in [-0.3, -0.25) is 19.7 Å². The van der Waals surface area contributed by atoms with Crippen molar-refractivity contribution in [1.82, 2.24) is 4.90 Å². The molecule has 1 aliphatic rings. The van der Waals surface area contributed by atoms with E-state index in [1.807, 2.05) is 0 Å². The van der Waals surface area contributed by atoms with Gasteiger partial charge in [0.1, 0.15) is 0 Å². The van der Waals surface area contributed by atoms with Gasteiger partial charge >= 0.3 is 5.97 Å². The van der Waals surface area contributed by atoms with Crippen molar-refractivity contribution < 1.29 is 19.6 Å². The molecule has 0 saturated heterocycles. The molecule has 1 aromatic carbocycles. The van der Waals surface area contributed by atoms with Crippen LogP contribution in [-0.2, 0) is 4.79 Å². The summed E-state index contributed by atoms with van der Waals surface area (Å²) in [7, 11) is 0. The fourth-order valence-corrected chi connectivity index (χ4v) is 2.16. The molecule has 0 aliphatic heterocycles. The fourth-order valence-electron chi connectivity index (χ4n) is 2.16. The molecular weight excluding hydrogens is 276 g/mol. The van der Waals surface area contributed by atoms with E-state index in [0.717, 1.165) is 12.8 Å². The summed E-state index contributed by atoms with van der Waals surface area (Å²) in [6, 6.07) is 4.39. The predicted molar refractivity (Wildman–Crippen MR) is 74.1 cm³/mol. The van der Waals surface area contributed by atoms with Gasteiger partial charge in [0.15, 0.2) is 0 Å². The van der Waals surface area contributed by atoms with Crippen molar-refractivity contribution in [2.45, 2.75) is 32.2 Å². The highest BCUT2D eigenvalue weighted by Crippen LogP contribution is 2.29. The Morgan fingerprint density at radius 2 is 2.10 bits per heavy atom. The zero-order chi connectivity index (χ0) is 15.6. The van der Waals surface area contributed by atoms with Crippen molar-refractivity contribution in [2.24, 2.45) is 0 Å². The Labute approximate surface area is 121 Å². The Hall–Kier alpha value is -2.44. The minimum Gasteiger partial charge on any atom is -0.481 e. The van der Waals surface area contributed by atoms with Crippen molar-refractivity contribution in [1.29, 1.82) is 0 Å². The molecule has 2 rings (SSSR count). The third kappa shape index (κ3) is 3.56. The topological polar surface area (TPSA) is 101 Å². The first-order valence-electron chi connectivity index (χ1n) is 6.68. The van der Waals surface area contributed by atoms with Gasteiger partial charge < -0.3 is 10.0 Å². The number of carboxylic acid groups (broad SMARTS) is 1. The number of nitrogens with zero attached hydrogens (tertiary/aromatic N) is 2. The van der Waals surface area contributed by atoms with Crippen molar-refractivity contribution in [3.05, 3.63) is 39.4 Å². The summed E-state index contributed by atoms with van der Waals surface area (Å²) in [6.07, 6.45) is 1.56. The van der Waals surface area contributed by atoms with E-state index in [9.17, 15) is 19.7 Å². The maximum absolute atomic E-state index is 12.4. The van der Waals surface area contributed by atoms with E-state index in [1.165, 1.54) is 17.0 Å². The fraction of sp³-hybridized carbons (Fsp3) is 0.429. The molecule has 1 aliphatic carbocycles. The molecular formula is C14H16N2O5. The quantitative estimate of drug-likeness (QED) is 0.638. The van der Waals surface area contributed by atoms with Crippen LogP contribution in [0.4, 0.5) is 5.69 Å². The second-order valence-corrected chi connectivity index (χ2v) is 5.13. The Morgan fingerprint density at radius 3 is 2.62 bits per heavy atom. The average molecular weight is 292 g/mol. The molecule has 7 nitrogen and oxygen atoms in total. The number of rotatable bonds is 6. The van der Waals surface area contributed by atoms with Gasteiger partial charge in [0.25, 0.3) is 11.6 Å². The first-order valence-corrected chi connectivity index (χ1v) is 6.68. The van der Waals surface area contributed by atoms with E-state index in [0.29, 0.717) is 5.56 Å². The van der Waals surface area contributed by atoms with E-state index in [-0.39, 0.29) is 36.2 Å². The van der Waals surface area contributed by atoms with E-state index in [4.69, 9.17) is 5.11 Å². The lowest BCUT2D eigenvalue weighted by Gasteiger charge is -2.21. The van der Waals surface area contributed by atoms with Crippen LogP contribution in [0.2, 0.25) is 0 Å². The average Bonchev–Trinajstić information content (AvgIpc) is 3.23. The predicted octanol–water partition coefficient (Wildman–Crippen LogP) is 1.98. The van der Waals surface area contributed by atoms with Crippen LogP contribution in [0.15, 0.2) is 18.2 Å². The lowest BCUT2D eigenvalue weighted by molar-refractivity contribution is -0.385. The highest BCUT2D eigenvalue weighted by Gasteiger charge is 2.33. The first kappa shape index (κ1) is 15.0. The monoisotopic (exact) mass is 292 g/mol. The third-order valence-corrected chi connectivity index (χ3v) is 3.47. The number of aryl methyl sites for hydroxylation is 1. The molecule has 1 N–H and O–H groups in total.